The molecule has 2 bridgehead atoms. The zero-order valence-corrected chi connectivity index (χ0v) is 7.84. The van der Waals surface area contributed by atoms with Crippen molar-refractivity contribution in [2.24, 2.45) is 17.8 Å². The highest BCUT2D eigenvalue weighted by Gasteiger charge is 2.51. The van der Waals surface area contributed by atoms with Crippen LogP contribution in [0.5, 0.6) is 0 Å². The summed E-state index contributed by atoms with van der Waals surface area (Å²) >= 11 is 0. The van der Waals surface area contributed by atoms with Gasteiger partial charge in [-0.05, 0) is 43.9 Å². The molecule has 0 aromatic rings. The van der Waals surface area contributed by atoms with E-state index in [0.29, 0.717) is 11.8 Å². The highest BCUT2D eigenvalue weighted by atomic mass is 19.3. The van der Waals surface area contributed by atoms with Gasteiger partial charge in [0.05, 0.1) is 0 Å². The second-order valence-electron chi connectivity index (χ2n) is 4.81. The molecule has 0 spiro atoms. The number of rotatable bonds is 2. The second kappa shape index (κ2) is 2.91. The molecule has 2 aliphatic carbocycles. The second-order valence-corrected chi connectivity index (χ2v) is 4.81. The molecule has 2 fully saturated rings. The minimum Gasteiger partial charge on any atom is -0.384 e. The van der Waals surface area contributed by atoms with E-state index in [4.69, 9.17) is 0 Å². The van der Waals surface area contributed by atoms with Gasteiger partial charge in [0, 0.05) is 0 Å². The number of fused-ring (bicyclic) bond motifs is 2. The minimum absolute atomic E-state index is 0.161. The first-order valence-corrected chi connectivity index (χ1v) is 5.02. The zero-order valence-electron chi connectivity index (χ0n) is 7.84. The molecule has 2 rings (SSSR count). The van der Waals surface area contributed by atoms with Gasteiger partial charge in [0.15, 0.2) is 0 Å². The maximum atomic E-state index is 12.5. The van der Waals surface area contributed by atoms with E-state index in [2.05, 4.69) is 0 Å². The number of hydrogen-bond acceptors (Lipinski definition) is 1. The fourth-order valence-electron chi connectivity index (χ4n) is 3.12. The lowest BCUT2D eigenvalue weighted by Gasteiger charge is -2.35. The van der Waals surface area contributed by atoms with Crippen molar-refractivity contribution in [3.63, 3.8) is 0 Å². The Balaban J connectivity index is 2.09. The lowest BCUT2D eigenvalue weighted by molar-refractivity contribution is -0.132. The van der Waals surface area contributed by atoms with Crippen LogP contribution in [-0.2, 0) is 0 Å². The molecule has 1 N–H and O–H groups in total. The van der Waals surface area contributed by atoms with E-state index in [1.54, 1.807) is 0 Å². The van der Waals surface area contributed by atoms with E-state index in [1.807, 2.05) is 0 Å². The maximum Gasteiger partial charge on any atom is 0.266 e. The number of alkyl halides is 2. The average Bonchev–Trinajstić information content (AvgIpc) is 2.63. The fourth-order valence-corrected chi connectivity index (χ4v) is 3.12. The van der Waals surface area contributed by atoms with Gasteiger partial charge in [-0.3, -0.25) is 0 Å². The first kappa shape index (κ1) is 9.38. The Kier molecular flexibility index (Phi) is 2.10. The zero-order chi connectivity index (χ0) is 9.64. The average molecular weight is 190 g/mol. The largest absolute Gasteiger partial charge is 0.384 e. The van der Waals surface area contributed by atoms with Crippen LogP contribution in [0, 0.1) is 17.8 Å². The van der Waals surface area contributed by atoms with E-state index in [0.717, 1.165) is 19.3 Å². The number of hydrogen-bond donors (Lipinski definition) is 1. The Bertz CT molecular complexity index is 203. The van der Waals surface area contributed by atoms with Gasteiger partial charge in [0.25, 0.3) is 6.43 Å². The van der Waals surface area contributed by atoms with Gasteiger partial charge >= 0.3 is 0 Å². The summed E-state index contributed by atoms with van der Waals surface area (Å²) in [6.45, 7) is 1.29. The molecule has 2 saturated carbocycles. The summed E-state index contributed by atoms with van der Waals surface area (Å²) < 4.78 is 25.1. The van der Waals surface area contributed by atoms with Crippen molar-refractivity contribution >= 4 is 0 Å². The smallest absolute Gasteiger partial charge is 0.266 e. The summed E-state index contributed by atoms with van der Waals surface area (Å²) in [5, 5.41) is 9.66. The molecule has 2 aliphatic rings. The van der Waals surface area contributed by atoms with Crippen LogP contribution >= 0.6 is 0 Å². The molecular formula is C10H16F2O. The summed E-state index contributed by atoms with van der Waals surface area (Å²) in [4.78, 5) is 0. The molecule has 0 aliphatic heterocycles. The highest BCUT2D eigenvalue weighted by Crippen LogP contribution is 2.53. The summed E-state index contributed by atoms with van der Waals surface area (Å²) in [5.74, 6) is 0.806. The summed E-state index contributed by atoms with van der Waals surface area (Å²) in [5.41, 5.74) is -1.75. The van der Waals surface area contributed by atoms with Crippen molar-refractivity contribution in [3.05, 3.63) is 0 Å². The quantitative estimate of drug-likeness (QED) is 0.709. The Labute approximate surface area is 77.1 Å². The molecule has 4 unspecified atom stereocenters. The predicted molar refractivity (Wildman–Crippen MR) is 45.6 cm³/mol. The molecule has 0 aromatic carbocycles. The van der Waals surface area contributed by atoms with E-state index in [1.165, 1.54) is 13.3 Å². The molecule has 13 heavy (non-hydrogen) atoms. The van der Waals surface area contributed by atoms with Crippen LogP contribution in [0.2, 0.25) is 0 Å². The first-order chi connectivity index (χ1) is 6.01. The lowest BCUT2D eigenvalue weighted by Crippen LogP contribution is -2.44. The molecule has 0 heterocycles. The van der Waals surface area contributed by atoms with Gasteiger partial charge in [0.1, 0.15) is 5.60 Å². The highest BCUT2D eigenvalue weighted by molar-refractivity contribution is 4.99. The van der Waals surface area contributed by atoms with Crippen molar-refractivity contribution in [2.45, 2.75) is 44.6 Å². The molecular weight excluding hydrogens is 174 g/mol. The van der Waals surface area contributed by atoms with Crippen molar-refractivity contribution in [2.75, 3.05) is 0 Å². The van der Waals surface area contributed by atoms with E-state index in [9.17, 15) is 13.9 Å². The van der Waals surface area contributed by atoms with Crippen LogP contribution in [0.25, 0.3) is 0 Å². The maximum absolute atomic E-state index is 12.5. The van der Waals surface area contributed by atoms with Gasteiger partial charge in [-0.2, -0.15) is 0 Å². The van der Waals surface area contributed by atoms with Crippen LogP contribution < -0.4 is 0 Å². The molecule has 0 aromatic heterocycles. The Morgan fingerprint density at radius 1 is 1.31 bits per heavy atom. The van der Waals surface area contributed by atoms with Gasteiger partial charge in [0.2, 0.25) is 0 Å². The summed E-state index contributed by atoms with van der Waals surface area (Å²) in [6, 6.07) is 0. The fraction of sp³-hybridized carbons (Fsp3) is 1.00. The minimum atomic E-state index is -2.60. The predicted octanol–water partition coefficient (Wildman–Crippen LogP) is 2.44. The third-order valence-corrected chi connectivity index (χ3v) is 3.93. The van der Waals surface area contributed by atoms with Crippen LogP contribution in [-0.4, -0.2) is 17.1 Å². The van der Waals surface area contributed by atoms with E-state index < -0.39 is 12.0 Å². The standard InChI is InChI=1S/C10H16F2O/c1-10(13,9(11)12)8-5-6-2-3-7(8)4-6/h6-9,13H,2-5H2,1H3. The van der Waals surface area contributed by atoms with E-state index >= 15 is 0 Å². The molecule has 76 valence electrons. The van der Waals surface area contributed by atoms with Gasteiger partial charge in [-0.1, -0.05) is 6.42 Å². The summed E-state index contributed by atoms with van der Waals surface area (Å²) in [6.07, 6.45) is 1.49. The SMILES string of the molecule is CC(O)(C(F)F)C1CC2CCC1C2. The van der Waals surface area contributed by atoms with Crippen LogP contribution in [0.15, 0.2) is 0 Å². The molecule has 0 saturated heterocycles. The molecule has 0 radical (unpaired) electrons. The Hall–Kier alpha value is -0.180. The third kappa shape index (κ3) is 1.37. The lowest BCUT2D eigenvalue weighted by atomic mass is 9.77. The molecule has 4 atom stereocenters. The number of aliphatic hydroxyl groups is 1. The van der Waals surface area contributed by atoms with Crippen LogP contribution in [0.4, 0.5) is 8.78 Å². The molecule has 3 heteroatoms. The first-order valence-electron chi connectivity index (χ1n) is 5.02. The van der Waals surface area contributed by atoms with Gasteiger partial charge < -0.3 is 5.11 Å². The van der Waals surface area contributed by atoms with Crippen molar-refractivity contribution in [3.8, 4) is 0 Å². The monoisotopic (exact) mass is 190 g/mol. The van der Waals surface area contributed by atoms with Crippen molar-refractivity contribution < 1.29 is 13.9 Å². The number of halogens is 2. The molecule has 0 amide bonds. The van der Waals surface area contributed by atoms with Gasteiger partial charge in [-0.15, -0.1) is 0 Å². The molecule has 1 nitrogen and oxygen atoms in total. The third-order valence-electron chi connectivity index (χ3n) is 3.93. The topological polar surface area (TPSA) is 20.2 Å². The van der Waals surface area contributed by atoms with E-state index in [-0.39, 0.29) is 5.92 Å². The van der Waals surface area contributed by atoms with Crippen molar-refractivity contribution in [1.29, 1.82) is 0 Å². The van der Waals surface area contributed by atoms with Gasteiger partial charge in [-0.25, -0.2) is 8.78 Å². The summed E-state index contributed by atoms with van der Waals surface area (Å²) in [7, 11) is 0. The Morgan fingerprint density at radius 3 is 2.38 bits per heavy atom. The normalized spacial score (nSPS) is 42.7. The van der Waals surface area contributed by atoms with Crippen molar-refractivity contribution in [1.82, 2.24) is 0 Å². The van der Waals surface area contributed by atoms with Crippen LogP contribution in [0.3, 0.4) is 0 Å². The van der Waals surface area contributed by atoms with Crippen LogP contribution in [0.1, 0.15) is 32.6 Å². The Morgan fingerprint density at radius 2 is 2.00 bits per heavy atom.